The third kappa shape index (κ3) is 1.14. The minimum atomic E-state index is -1.08. The van der Waals surface area contributed by atoms with Crippen LogP contribution in [-0.2, 0) is 6.67 Å². The lowest BCUT2D eigenvalue weighted by Crippen LogP contribution is -1.97. The lowest BCUT2D eigenvalue weighted by molar-refractivity contribution is 0.0699. The summed E-state index contributed by atoms with van der Waals surface area (Å²) in [7, 11) is 0. The standard InChI is InChI=1S/C9H7FN2O2/c10-4-7-8-5(9(13)14)2-1-3-6(8)11-12-7/h1-3H,4H2,(H,11,12)(H,13,14). The topological polar surface area (TPSA) is 66.0 Å². The van der Waals surface area contributed by atoms with E-state index in [1.54, 1.807) is 12.1 Å². The molecule has 0 spiro atoms. The summed E-state index contributed by atoms with van der Waals surface area (Å²) >= 11 is 0. The van der Waals surface area contributed by atoms with Crippen LogP contribution < -0.4 is 0 Å². The Balaban J connectivity index is 2.81. The Morgan fingerprint density at radius 1 is 1.57 bits per heavy atom. The first-order valence-electron chi connectivity index (χ1n) is 3.99. The second kappa shape index (κ2) is 3.10. The molecular weight excluding hydrogens is 187 g/mol. The highest BCUT2D eigenvalue weighted by Crippen LogP contribution is 2.21. The van der Waals surface area contributed by atoms with E-state index in [9.17, 15) is 9.18 Å². The number of alkyl halides is 1. The average molecular weight is 194 g/mol. The first-order chi connectivity index (χ1) is 6.74. The molecule has 0 saturated carbocycles. The molecule has 0 aliphatic heterocycles. The summed E-state index contributed by atoms with van der Waals surface area (Å²) in [5.74, 6) is -1.08. The number of H-pyrrole nitrogens is 1. The highest BCUT2D eigenvalue weighted by Gasteiger charge is 2.13. The molecule has 0 unspecified atom stereocenters. The molecule has 0 fully saturated rings. The number of aromatic amines is 1. The molecule has 2 N–H and O–H groups in total. The number of aromatic nitrogens is 2. The van der Waals surface area contributed by atoms with Crippen LogP contribution >= 0.6 is 0 Å². The Bertz CT molecular complexity index is 493. The van der Waals surface area contributed by atoms with Gasteiger partial charge < -0.3 is 5.11 Å². The van der Waals surface area contributed by atoms with Crippen LogP contribution in [0.25, 0.3) is 10.9 Å². The second-order valence-corrected chi connectivity index (χ2v) is 2.84. The molecule has 0 radical (unpaired) electrons. The monoisotopic (exact) mass is 194 g/mol. The maximum atomic E-state index is 12.5. The molecule has 4 nitrogen and oxygen atoms in total. The van der Waals surface area contributed by atoms with Gasteiger partial charge in [0.05, 0.1) is 16.8 Å². The molecule has 14 heavy (non-hydrogen) atoms. The first kappa shape index (κ1) is 8.68. The van der Waals surface area contributed by atoms with Crippen molar-refractivity contribution in [3.05, 3.63) is 29.5 Å². The largest absolute Gasteiger partial charge is 0.478 e. The number of nitrogens with one attached hydrogen (secondary N) is 1. The molecule has 0 atom stereocenters. The predicted molar refractivity (Wildman–Crippen MR) is 47.9 cm³/mol. The van der Waals surface area contributed by atoms with E-state index in [4.69, 9.17) is 5.11 Å². The molecule has 72 valence electrons. The van der Waals surface area contributed by atoms with E-state index in [1.807, 2.05) is 0 Å². The number of nitrogens with zero attached hydrogens (tertiary/aromatic N) is 1. The maximum Gasteiger partial charge on any atom is 0.336 e. The number of rotatable bonds is 2. The minimum Gasteiger partial charge on any atom is -0.478 e. The average Bonchev–Trinajstić information content (AvgIpc) is 2.59. The number of carboxylic acids is 1. The molecule has 0 amide bonds. The van der Waals surface area contributed by atoms with Gasteiger partial charge in [0.15, 0.2) is 0 Å². The van der Waals surface area contributed by atoms with E-state index in [0.717, 1.165) is 0 Å². The van der Waals surface area contributed by atoms with Crippen LogP contribution in [0.5, 0.6) is 0 Å². The summed E-state index contributed by atoms with van der Waals surface area (Å²) in [6.45, 7) is -0.749. The Morgan fingerprint density at radius 2 is 2.36 bits per heavy atom. The van der Waals surface area contributed by atoms with Crippen LogP contribution in [0.1, 0.15) is 16.1 Å². The SMILES string of the molecule is O=C(O)c1cccc2n[nH]c(CF)c12. The number of fused-ring (bicyclic) bond motifs is 1. The van der Waals surface area contributed by atoms with Crippen LogP contribution in [0, 0.1) is 0 Å². The van der Waals surface area contributed by atoms with Crippen LogP contribution in [0.4, 0.5) is 4.39 Å². The van der Waals surface area contributed by atoms with Crippen molar-refractivity contribution in [1.82, 2.24) is 10.2 Å². The van der Waals surface area contributed by atoms with E-state index in [1.165, 1.54) is 6.07 Å². The number of benzene rings is 1. The van der Waals surface area contributed by atoms with Gasteiger partial charge in [0.1, 0.15) is 6.67 Å². The van der Waals surface area contributed by atoms with Crippen LogP contribution in [0.2, 0.25) is 0 Å². The summed E-state index contributed by atoms with van der Waals surface area (Å²) < 4.78 is 12.5. The van der Waals surface area contributed by atoms with Gasteiger partial charge in [0, 0.05) is 5.39 Å². The third-order valence-electron chi connectivity index (χ3n) is 2.02. The van der Waals surface area contributed by atoms with Gasteiger partial charge in [-0.05, 0) is 12.1 Å². The van der Waals surface area contributed by atoms with Gasteiger partial charge in [-0.2, -0.15) is 5.10 Å². The number of carbonyl (C=O) groups is 1. The fraction of sp³-hybridized carbons (Fsp3) is 0.111. The van der Waals surface area contributed by atoms with Crippen molar-refractivity contribution in [1.29, 1.82) is 0 Å². The molecular formula is C9H7FN2O2. The predicted octanol–water partition coefficient (Wildman–Crippen LogP) is 1.73. The minimum absolute atomic E-state index is 0.0731. The lowest BCUT2D eigenvalue weighted by atomic mass is 10.1. The van der Waals surface area contributed by atoms with Gasteiger partial charge in [-0.1, -0.05) is 6.07 Å². The molecule has 0 saturated heterocycles. The Morgan fingerprint density at radius 3 is 3.00 bits per heavy atom. The van der Waals surface area contributed by atoms with Gasteiger partial charge in [-0.3, -0.25) is 5.10 Å². The summed E-state index contributed by atoms with van der Waals surface area (Å²) in [6.07, 6.45) is 0. The molecule has 0 aliphatic rings. The highest BCUT2D eigenvalue weighted by molar-refractivity contribution is 6.03. The fourth-order valence-electron chi connectivity index (χ4n) is 1.41. The normalized spacial score (nSPS) is 10.6. The van der Waals surface area contributed by atoms with Gasteiger partial charge in [-0.25, -0.2) is 9.18 Å². The van der Waals surface area contributed by atoms with Crippen molar-refractivity contribution in [2.45, 2.75) is 6.67 Å². The third-order valence-corrected chi connectivity index (χ3v) is 2.02. The summed E-state index contributed by atoms with van der Waals surface area (Å²) in [4.78, 5) is 10.8. The first-order valence-corrected chi connectivity index (χ1v) is 3.99. The molecule has 1 aromatic carbocycles. The number of aromatic carboxylic acids is 1. The van der Waals surface area contributed by atoms with Gasteiger partial charge in [-0.15, -0.1) is 0 Å². The van der Waals surface area contributed by atoms with Gasteiger partial charge >= 0.3 is 5.97 Å². The van der Waals surface area contributed by atoms with Crippen molar-refractivity contribution in [2.75, 3.05) is 0 Å². The quantitative estimate of drug-likeness (QED) is 0.765. The van der Waals surface area contributed by atoms with Crippen molar-refractivity contribution in [3.63, 3.8) is 0 Å². The molecule has 1 aromatic heterocycles. The Labute approximate surface area is 78.4 Å². The fourth-order valence-corrected chi connectivity index (χ4v) is 1.41. The number of carboxylic acid groups (broad SMARTS) is 1. The molecule has 2 aromatic rings. The van der Waals surface area contributed by atoms with Gasteiger partial charge in [0.2, 0.25) is 0 Å². The lowest BCUT2D eigenvalue weighted by Gasteiger charge is -1.96. The Hall–Kier alpha value is -1.91. The van der Waals surface area contributed by atoms with E-state index >= 15 is 0 Å². The molecule has 0 bridgehead atoms. The van der Waals surface area contributed by atoms with Crippen LogP contribution in [0.3, 0.4) is 0 Å². The number of halogens is 1. The van der Waals surface area contributed by atoms with Crippen molar-refractivity contribution < 1.29 is 14.3 Å². The Kier molecular flexibility index (Phi) is 1.92. The van der Waals surface area contributed by atoms with E-state index in [-0.39, 0.29) is 11.3 Å². The highest BCUT2D eigenvalue weighted by atomic mass is 19.1. The van der Waals surface area contributed by atoms with Gasteiger partial charge in [0.25, 0.3) is 0 Å². The van der Waals surface area contributed by atoms with E-state index in [2.05, 4.69) is 10.2 Å². The smallest absolute Gasteiger partial charge is 0.336 e. The van der Waals surface area contributed by atoms with Crippen molar-refractivity contribution >= 4 is 16.9 Å². The summed E-state index contributed by atoms with van der Waals surface area (Å²) in [5, 5.41) is 15.5. The van der Waals surface area contributed by atoms with Crippen LogP contribution in [-0.4, -0.2) is 21.3 Å². The molecule has 2 rings (SSSR count). The van der Waals surface area contributed by atoms with Crippen LogP contribution in [0.15, 0.2) is 18.2 Å². The summed E-state index contributed by atoms with van der Waals surface area (Å²) in [5.41, 5.74) is 0.749. The summed E-state index contributed by atoms with van der Waals surface area (Å²) in [6, 6.07) is 4.64. The zero-order valence-electron chi connectivity index (χ0n) is 7.12. The molecule has 1 heterocycles. The maximum absolute atomic E-state index is 12.5. The number of hydrogen-bond acceptors (Lipinski definition) is 2. The zero-order chi connectivity index (χ0) is 10.1. The van der Waals surface area contributed by atoms with Crippen molar-refractivity contribution in [3.8, 4) is 0 Å². The second-order valence-electron chi connectivity index (χ2n) is 2.84. The van der Waals surface area contributed by atoms with E-state index in [0.29, 0.717) is 10.9 Å². The van der Waals surface area contributed by atoms with E-state index < -0.39 is 12.6 Å². The van der Waals surface area contributed by atoms with Crippen molar-refractivity contribution in [2.24, 2.45) is 0 Å². The molecule has 0 aliphatic carbocycles. The number of hydrogen-bond donors (Lipinski definition) is 2. The molecule has 5 heteroatoms. The zero-order valence-corrected chi connectivity index (χ0v) is 7.12.